The fraction of sp³-hybridized carbons (Fsp3) is 0.947. The van der Waals surface area contributed by atoms with Gasteiger partial charge in [-0.05, 0) is 19.8 Å². The Kier molecular flexibility index (Phi) is 11.1. The number of carbonyl (C=O) groups excluding carboxylic acids is 1. The van der Waals surface area contributed by atoms with E-state index in [0.29, 0.717) is 13.2 Å². The Balaban J connectivity index is 2.07. The second kappa shape index (κ2) is 12.5. The van der Waals surface area contributed by atoms with Gasteiger partial charge in [-0.15, -0.1) is 0 Å². The molecule has 0 saturated carbocycles. The maximum absolute atomic E-state index is 11.5. The van der Waals surface area contributed by atoms with Crippen LogP contribution in [0.5, 0.6) is 0 Å². The fourth-order valence-electron chi connectivity index (χ4n) is 2.89. The molecule has 5 heteroatoms. The van der Waals surface area contributed by atoms with E-state index in [9.17, 15) is 4.79 Å². The van der Waals surface area contributed by atoms with E-state index in [1.165, 1.54) is 38.5 Å². The Morgan fingerprint density at radius 3 is 2.46 bits per heavy atom. The van der Waals surface area contributed by atoms with Gasteiger partial charge in [0.05, 0.1) is 6.61 Å². The highest BCUT2D eigenvalue weighted by molar-refractivity contribution is 5.67. The number of unbranched alkanes of at least 4 members (excludes halogenated alkanes) is 7. The van der Waals surface area contributed by atoms with Crippen molar-refractivity contribution in [2.75, 3.05) is 19.8 Å². The molecule has 1 N–H and O–H groups in total. The zero-order valence-electron chi connectivity index (χ0n) is 15.9. The zero-order chi connectivity index (χ0) is 17.7. The Bertz CT molecular complexity index is 337. The smallest absolute Gasteiger partial charge is 0.407 e. The van der Waals surface area contributed by atoms with Crippen LogP contribution in [0.25, 0.3) is 0 Å². The normalized spacial score (nSPS) is 23.4. The van der Waals surface area contributed by atoms with Gasteiger partial charge in [0.25, 0.3) is 0 Å². The van der Waals surface area contributed by atoms with Crippen LogP contribution in [0.3, 0.4) is 0 Å². The molecule has 0 aliphatic carbocycles. The Morgan fingerprint density at radius 1 is 1.08 bits per heavy atom. The molecule has 5 nitrogen and oxygen atoms in total. The van der Waals surface area contributed by atoms with E-state index in [1.807, 2.05) is 6.92 Å². The first-order valence-corrected chi connectivity index (χ1v) is 9.82. The second-order valence-electron chi connectivity index (χ2n) is 6.93. The molecular formula is C19H37NO4. The lowest BCUT2D eigenvalue weighted by atomic mass is 10.1. The largest absolute Gasteiger partial charge is 0.447 e. The molecule has 0 bridgehead atoms. The molecular weight excluding hydrogens is 306 g/mol. The first-order chi connectivity index (χ1) is 11.6. The molecule has 2 unspecified atom stereocenters. The Labute approximate surface area is 147 Å². The highest BCUT2D eigenvalue weighted by Crippen LogP contribution is 2.29. The number of rotatable bonds is 13. The topological polar surface area (TPSA) is 56.8 Å². The molecule has 0 radical (unpaired) electrons. The lowest BCUT2D eigenvalue weighted by molar-refractivity contribution is -0.162. The van der Waals surface area contributed by atoms with Crippen LogP contribution < -0.4 is 5.32 Å². The Hall–Kier alpha value is -0.810. The molecule has 142 valence electrons. The van der Waals surface area contributed by atoms with Crippen molar-refractivity contribution < 1.29 is 19.0 Å². The van der Waals surface area contributed by atoms with Gasteiger partial charge in [0.15, 0.2) is 5.79 Å². The molecule has 1 aliphatic rings. The average Bonchev–Trinajstić information content (AvgIpc) is 2.94. The standard InChI is InChI=1S/C19H37NO4/c1-4-6-8-9-10-11-12-13-19(3)23-16-17(24-19)15-22-18(21)20-14-7-5-2/h17H,4-16H2,1-3H3,(H,20,21). The molecule has 1 aliphatic heterocycles. The van der Waals surface area contributed by atoms with Crippen LogP contribution in [-0.2, 0) is 14.2 Å². The summed E-state index contributed by atoms with van der Waals surface area (Å²) in [6, 6.07) is 0. The van der Waals surface area contributed by atoms with Crippen LogP contribution in [0, 0.1) is 0 Å². The summed E-state index contributed by atoms with van der Waals surface area (Å²) in [6.45, 7) is 7.73. The number of carbonyl (C=O) groups is 1. The van der Waals surface area contributed by atoms with Crippen LogP contribution >= 0.6 is 0 Å². The van der Waals surface area contributed by atoms with E-state index in [1.54, 1.807) is 0 Å². The minimum absolute atomic E-state index is 0.156. The lowest BCUT2D eigenvalue weighted by Crippen LogP contribution is -2.31. The van der Waals surface area contributed by atoms with Crippen molar-refractivity contribution in [3.05, 3.63) is 0 Å². The summed E-state index contributed by atoms with van der Waals surface area (Å²) < 4.78 is 16.9. The van der Waals surface area contributed by atoms with Gasteiger partial charge in [0, 0.05) is 13.0 Å². The van der Waals surface area contributed by atoms with Crippen molar-refractivity contribution in [1.82, 2.24) is 5.32 Å². The van der Waals surface area contributed by atoms with Crippen molar-refractivity contribution in [2.24, 2.45) is 0 Å². The fourth-order valence-corrected chi connectivity index (χ4v) is 2.89. The van der Waals surface area contributed by atoms with E-state index in [4.69, 9.17) is 14.2 Å². The van der Waals surface area contributed by atoms with Crippen molar-refractivity contribution in [3.8, 4) is 0 Å². The van der Waals surface area contributed by atoms with Gasteiger partial charge >= 0.3 is 6.09 Å². The quantitative estimate of drug-likeness (QED) is 0.489. The maximum atomic E-state index is 11.5. The molecule has 0 spiro atoms. The van der Waals surface area contributed by atoms with Gasteiger partial charge in [-0.25, -0.2) is 4.79 Å². The SMILES string of the molecule is CCCCCCCCCC1(C)OCC(COC(=O)NCCCC)O1. The molecule has 24 heavy (non-hydrogen) atoms. The summed E-state index contributed by atoms with van der Waals surface area (Å²) in [5.74, 6) is -0.518. The first-order valence-electron chi connectivity index (χ1n) is 9.82. The summed E-state index contributed by atoms with van der Waals surface area (Å²) in [5, 5.41) is 2.73. The predicted octanol–water partition coefficient (Wildman–Crippen LogP) is 4.79. The number of ether oxygens (including phenoxy) is 3. The number of hydrogen-bond acceptors (Lipinski definition) is 4. The highest BCUT2D eigenvalue weighted by Gasteiger charge is 2.37. The van der Waals surface area contributed by atoms with E-state index in [-0.39, 0.29) is 18.8 Å². The molecule has 1 rings (SSSR count). The van der Waals surface area contributed by atoms with Crippen molar-refractivity contribution in [2.45, 2.75) is 96.9 Å². The monoisotopic (exact) mass is 343 g/mol. The lowest BCUT2D eigenvalue weighted by Gasteiger charge is -2.23. The molecule has 0 aromatic rings. The minimum atomic E-state index is -0.518. The summed E-state index contributed by atoms with van der Waals surface area (Å²) in [4.78, 5) is 11.5. The van der Waals surface area contributed by atoms with Crippen molar-refractivity contribution >= 4 is 6.09 Å². The molecule has 0 aromatic carbocycles. The molecule has 0 aromatic heterocycles. The summed E-state index contributed by atoms with van der Waals surface area (Å²) in [5.41, 5.74) is 0. The summed E-state index contributed by atoms with van der Waals surface area (Å²) in [6.07, 6.45) is 11.4. The third kappa shape index (κ3) is 9.48. The average molecular weight is 344 g/mol. The first kappa shape index (κ1) is 21.2. The molecule has 1 fully saturated rings. The summed E-state index contributed by atoms with van der Waals surface area (Å²) in [7, 11) is 0. The highest BCUT2D eigenvalue weighted by atomic mass is 16.7. The number of hydrogen-bond donors (Lipinski definition) is 1. The van der Waals surface area contributed by atoms with Crippen LogP contribution in [-0.4, -0.2) is 37.7 Å². The zero-order valence-corrected chi connectivity index (χ0v) is 15.9. The molecule has 2 atom stereocenters. The number of alkyl carbamates (subject to hydrolysis) is 1. The van der Waals surface area contributed by atoms with Gasteiger partial charge in [0.1, 0.15) is 12.7 Å². The van der Waals surface area contributed by atoms with Crippen LogP contribution in [0.15, 0.2) is 0 Å². The third-order valence-electron chi connectivity index (χ3n) is 4.42. The predicted molar refractivity (Wildman–Crippen MR) is 96.1 cm³/mol. The van der Waals surface area contributed by atoms with E-state index in [0.717, 1.165) is 25.7 Å². The molecule has 1 amide bonds. The van der Waals surface area contributed by atoms with Gasteiger partial charge in [-0.3, -0.25) is 0 Å². The molecule has 1 saturated heterocycles. The van der Waals surface area contributed by atoms with E-state index in [2.05, 4.69) is 19.2 Å². The Morgan fingerprint density at radius 2 is 1.75 bits per heavy atom. The van der Waals surface area contributed by atoms with Crippen LogP contribution in [0.4, 0.5) is 4.79 Å². The second-order valence-corrected chi connectivity index (χ2v) is 6.93. The summed E-state index contributed by atoms with van der Waals surface area (Å²) >= 11 is 0. The van der Waals surface area contributed by atoms with Gasteiger partial charge in [-0.2, -0.15) is 0 Å². The minimum Gasteiger partial charge on any atom is -0.447 e. The van der Waals surface area contributed by atoms with Crippen LogP contribution in [0.1, 0.15) is 85.0 Å². The van der Waals surface area contributed by atoms with E-state index >= 15 is 0 Å². The third-order valence-corrected chi connectivity index (χ3v) is 4.42. The van der Waals surface area contributed by atoms with E-state index < -0.39 is 5.79 Å². The van der Waals surface area contributed by atoms with Crippen molar-refractivity contribution in [3.63, 3.8) is 0 Å². The number of nitrogens with one attached hydrogen (secondary N) is 1. The molecule has 1 heterocycles. The van der Waals surface area contributed by atoms with Gasteiger partial charge < -0.3 is 19.5 Å². The van der Waals surface area contributed by atoms with Crippen molar-refractivity contribution in [1.29, 1.82) is 0 Å². The van der Waals surface area contributed by atoms with Gasteiger partial charge in [-0.1, -0.05) is 58.8 Å². The maximum Gasteiger partial charge on any atom is 0.407 e. The van der Waals surface area contributed by atoms with Crippen LogP contribution in [0.2, 0.25) is 0 Å². The number of amides is 1. The van der Waals surface area contributed by atoms with Gasteiger partial charge in [0.2, 0.25) is 0 Å².